The molecule has 1 amide bonds. The minimum atomic E-state index is -1.87. The number of thiophene rings is 1. The summed E-state index contributed by atoms with van der Waals surface area (Å²) in [5, 5.41) is 3.92. The number of amides is 1. The fourth-order valence-electron chi connectivity index (χ4n) is 3.72. The topological polar surface area (TPSA) is 86.2 Å². The van der Waals surface area contributed by atoms with E-state index in [9.17, 15) is 18.4 Å². The number of aryl methyl sites for hydroxylation is 3. The Morgan fingerprint density at radius 3 is 2.75 bits per heavy atom. The second-order valence-corrected chi connectivity index (χ2v) is 8.81. The summed E-state index contributed by atoms with van der Waals surface area (Å²) in [6, 6.07) is 10.2. The number of hydrogen-bond donors (Lipinski definition) is 1. The summed E-state index contributed by atoms with van der Waals surface area (Å²) in [6.07, 6.45) is 1.37. The first-order valence-electron chi connectivity index (χ1n) is 10.2. The van der Waals surface area contributed by atoms with Crippen LogP contribution in [-0.4, -0.2) is 33.8 Å². The largest absolute Gasteiger partial charge is 0.346 e. The van der Waals surface area contributed by atoms with Crippen LogP contribution in [0.4, 0.5) is 14.5 Å². The quantitative estimate of drug-likeness (QED) is 0.589. The maximum Gasteiger partial charge on any atom is 0.346 e. The number of aromatic nitrogens is 3. The van der Waals surface area contributed by atoms with Gasteiger partial charge in [0.25, 0.3) is 6.08 Å². The number of rotatable bonds is 7. The summed E-state index contributed by atoms with van der Waals surface area (Å²) in [5.41, 5.74) is 7.78. The zero-order valence-corrected chi connectivity index (χ0v) is 18.4. The Hall–Kier alpha value is -3.11. The number of hydrogen-bond acceptors (Lipinski definition) is 5. The fraction of sp³-hybridized carbons (Fsp3) is 0.318. The van der Waals surface area contributed by atoms with E-state index in [1.165, 1.54) is 10.9 Å². The van der Waals surface area contributed by atoms with Crippen molar-refractivity contribution in [3.63, 3.8) is 0 Å². The number of benzene rings is 1. The van der Waals surface area contributed by atoms with E-state index >= 15 is 0 Å². The maximum atomic E-state index is 12.8. The molecular formula is C22H23F2N5O2S. The zero-order chi connectivity index (χ0) is 22.8. The molecular weight excluding hydrogens is 436 g/mol. The van der Waals surface area contributed by atoms with Crippen LogP contribution >= 0.6 is 11.3 Å². The molecule has 1 aliphatic rings. The molecule has 0 saturated carbocycles. The van der Waals surface area contributed by atoms with Gasteiger partial charge in [-0.2, -0.15) is 13.9 Å². The molecule has 0 saturated heterocycles. The highest BCUT2D eigenvalue weighted by Gasteiger charge is 2.21. The first-order chi connectivity index (χ1) is 15.4. The predicted octanol–water partition coefficient (Wildman–Crippen LogP) is 3.03. The average Bonchev–Trinajstić information content (AvgIpc) is 3.39. The van der Waals surface area contributed by atoms with Crippen LogP contribution in [-0.2, 0) is 30.7 Å². The van der Waals surface area contributed by atoms with Crippen molar-refractivity contribution in [3.05, 3.63) is 69.2 Å². The maximum absolute atomic E-state index is 12.8. The molecule has 1 aromatic carbocycles. The first kappa shape index (κ1) is 22.1. The Morgan fingerprint density at radius 1 is 1.19 bits per heavy atom. The zero-order valence-electron chi connectivity index (χ0n) is 17.6. The molecule has 10 heteroatoms. The van der Waals surface area contributed by atoms with E-state index in [4.69, 9.17) is 5.73 Å². The van der Waals surface area contributed by atoms with Crippen LogP contribution in [0.5, 0.6) is 0 Å². The van der Waals surface area contributed by atoms with Crippen LogP contribution in [0.3, 0.4) is 0 Å². The van der Waals surface area contributed by atoms with Gasteiger partial charge in [-0.3, -0.25) is 9.36 Å². The Kier molecular flexibility index (Phi) is 6.33. The Morgan fingerprint density at radius 2 is 2.00 bits per heavy atom. The van der Waals surface area contributed by atoms with Gasteiger partial charge in [0.15, 0.2) is 0 Å². The van der Waals surface area contributed by atoms with Crippen molar-refractivity contribution in [1.82, 2.24) is 14.3 Å². The highest BCUT2D eigenvalue weighted by molar-refractivity contribution is 7.15. The lowest BCUT2D eigenvalue weighted by atomic mass is 9.99. The van der Waals surface area contributed by atoms with Gasteiger partial charge in [-0.25, -0.2) is 9.48 Å². The Labute approximate surface area is 187 Å². The third-order valence-electron chi connectivity index (χ3n) is 5.62. The van der Waals surface area contributed by atoms with E-state index in [0.29, 0.717) is 19.4 Å². The van der Waals surface area contributed by atoms with Crippen molar-refractivity contribution in [2.24, 2.45) is 5.73 Å². The standard InChI is InChI=1S/C22H23F2N5O2S/c1-27-18-5-2-15(10-14(18)3-7-20(27)30)19-6-4-17(32-19)8-9-28-13-26-29(22(28)31)12-16(11-25)21(23)24/h2,4-6,10,13H,3,7-9,11-12,25H2,1H3. The van der Waals surface area contributed by atoms with Gasteiger partial charge in [0, 0.05) is 47.6 Å². The molecule has 3 aromatic rings. The molecule has 7 nitrogen and oxygen atoms in total. The van der Waals surface area contributed by atoms with Crippen molar-refractivity contribution in [3.8, 4) is 10.4 Å². The minimum absolute atomic E-state index is 0.132. The van der Waals surface area contributed by atoms with E-state index in [-0.39, 0.29) is 24.6 Å². The third kappa shape index (κ3) is 4.42. The highest BCUT2D eigenvalue weighted by Crippen LogP contribution is 2.34. The Bertz CT molecular complexity index is 1240. The minimum Gasteiger partial charge on any atom is -0.327 e. The molecule has 0 bridgehead atoms. The molecule has 0 atom stereocenters. The van der Waals surface area contributed by atoms with Crippen molar-refractivity contribution in [2.75, 3.05) is 18.5 Å². The van der Waals surface area contributed by atoms with Crippen LogP contribution in [0.15, 0.2) is 53.1 Å². The monoisotopic (exact) mass is 459 g/mol. The lowest BCUT2D eigenvalue weighted by Gasteiger charge is -2.26. The van der Waals surface area contributed by atoms with Crippen molar-refractivity contribution < 1.29 is 13.6 Å². The van der Waals surface area contributed by atoms with Gasteiger partial charge in [-0.1, -0.05) is 6.07 Å². The molecule has 1 aliphatic heterocycles. The molecule has 2 N–H and O–H groups in total. The van der Waals surface area contributed by atoms with E-state index < -0.39 is 11.8 Å². The normalized spacial score (nSPS) is 13.4. The molecule has 4 rings (SSSR count). The SMILES string of the molecule is CN1C(=O)CCc2cc(-c3ccc(CCn4cnn(CC(CN)=C(F)F)c4=O)s3)ccc21. The van der Waals surface area contributed by atoms with Gasteiger partial charge in [0.05, 0.1) is 6.54 Å². The van der Waals surface area contributed by atoms with Gasteiger partial charge in [0.1, 0.15) is 6.33 Å². The van der Waals surface area contributed by atoms with Crippen molar-refractivity contribution >= 4 is 22.9 Å². The van der Waals surface area contributed by atoms with Gasteiger partial charge in [-0.05, 0) is 48.2 Å². The number of anilines is 1. The molecule has 0 spiro atoms. The lowest BCUT2D eigenvalue weighted by Crippen LogP contribution is -2.30. The van der Waals surface area contributed by atoms with Crippen LogP contribution in [0.25, 0.3) is 10.4 Å². The summed E-state index contributed by atoms with van der Waals surface area (Å²) in [5.74, 6) is 0.132. The van der Waals surface area contributed by atoms with Crippen molar-refractivity contribution in [1.29, 1.82) is 0 Å². The summed E-state index contributed by atoms with van der Waals surface area (Å²) in [7, 11) is 1.80. The van der Waals surface area contributed by atoms with Gasteiger partial charge in [-0.15, -0.1) is 11.3 Å². The predicted molar refractivity (Wildman–Crippen MR) is 120 cm³/mol. The van der Waals surface area contributed by atoms with E-state index in [1.807, 2.05) is 24.3 Å². The molecule has 168 valence electrons. The third-order valence-corrected chi connectivity index (χ3v) is 6.81. The van der Waals surface area contributed by atoms with Crippen LogP contribution in [0.1, 0.15) is 16.9 Å². The molecule has 32 heavy (non-hydrogen) atoms. The highest BCUT2D eigenvalue weighted by atomic mass is 32.1. The van der Waals surface area contributed by atoms with Crippen molar-refractivity contribution in [2.45, 2.75) is 32.4 Å². The fourth-order valence-corrected chi connectivity index (χ4v) is 4.72. The molecule has 0 radical (unpaired) electrons. The molecule has 0 unspecified atom stereocenters. The Balaban J connectivity index is 1.44. The van der Waals surface area contributed by atoms with E-state index in [2.05, 4.69) is 11.2 Å². The number of fused-ring (bicyclic) bond motifs is 1. The van der Waals surface area contributed by atoms with Gasteiger partial charge >= 0.3 is 5.69 Å². The van der Waals surface area contributed by atoms with Crippen LogP contribution in [0, 0.1) is 0 Å². The molecule has 3 heterocycles. The number of halogens is 2. The number of nitrogens with zero attached hydrogens (tertiary/aromatic N) is 4. The number of carbonyl (C=O) groups excluding carboxylic acids is 1. The average molecular weight is 460 g/mol. The van der Waals surface area contributed by atoms with Crippen LogP contribution < -0.4 is 16.3 Å². The van der Waals surface area contributed by atoms with Crippen LogP contribution in [0.2, 0.25) is 0 Å². The number of nitrogens with two attached hydrogens (primary N) is 1. The smallest absolute Gasteiger partial charge is 0.327 e. The molecule has 0 fully saturated rings. The summed E-state index contributed by atoms with van der Waals surface area (Å²) in [4.78, 5) is 28.2. The van der Waals surface area contributed by atoms with E-state index in [0.717, 1.165) is 37.7 Å². The van der Waals surface area contributed by atoms with Gasteiger partial charge in [0.2, 0.25) is 5.91 Å². The lowest BCUT2D eigenvalue weighted by molar-refractivity contribution is -0.118. The summed E-state index contributed by atoms with van der Waals surface area (Å²) in [6.45, 7) is -0.239. The van der Waals surface area contributed by atoms with Gasteiger partial charge < -0.3 is 10.6 Å². The second-order valence-electron chi connectivity index (χ2n) is 7.64. The number of carbonyl (C=O) groups is 1. The summed E-state index contributed by atoms with van der Waals surface area (Å²) < 4.78 is 28.0. The first-order valence-corrected chi connectivity index (χ1v) is 11.0. The summed E-state index contributed by atoms with van der Waals surface area (Å²) >= 11 is 1.64. The molecule has 0 aliphatic carbocycles. The van der Waals surface area contributed by atoms with E-state index in [1.54, 1.807) is 23.3 Å². The molecule has 2 aromatic heterocycles. The second kappa shape index (κ2) is 9.17.